The number of aromatic hydroxyl groups is 2. The van der Waals surface area contributed by atoms with Gasteiger partial charge in [-0.25, -0.2) is 0 Å². The van der Waals surface area contributed by atoms with Crippen LogP contribution in [0.4, 0.5) is 0 Å². The highest BCUT2D eigenvalue weighted by Gasteiger charge is 2.45. The summed E-state index contributed by atoms with van der Waals surface area (Å²) in [4.78, 5) is 5.77. The number of ether oxygens (including phenoxy) is 1. The van der Waals surface area contributed by atoms with Crippen molar-refractivity contribution >= 4 is 12.0 Å². The molecular weight excluding hydrogens is 376 g/mol. The lowest BCUT2D eigenvalue weighted by Crippen LogP contribution is -2.50. The van der Waals surface area contributed by atoms with Crippen LogP contribution in [-0.4, -0.2) is 70.1 Å². The molecule has 1 saturated heterocycles. The predicted octanol–water partition coefficient (Wildman–Crippen LogP) is 3.14. The number of piperazine rings is 1. The highest BCUT2D eigenvalue weighted by atomic mass is 32.2. The minimum Gasteiger partial charge on any atom is -0.504 e. The van der Waals surface area contributed by atoms with Gasteiger partial charge in [0.25, 0.3) is 0 Å². The third kappa shape index (κ3) is 4.39. The molecule has 3 aliphatic rings. The standard InChI is InChI=1S/C21H28N2O4S/c24-19-6-1-16(13-20(19)25)21(7-8-21)14-27-15-22-9-11-23(12-10-22)17-2-4-18(28-26)5-3-17/h1-2,4-6,13,17,24-26H,3,7-12,14-15H2. The van der Waals surface area contributed by atoms with Crippen molar-refractivity contribution in [2.45, 2.75) is 30.7 Å². The van der Waals surface area contributed by atoms with Gasteiger partial charge in [-0.2, -0.15) is 0 Å². The molecule has 1 unspecified atom stereocenters. The van der Waals surface area contributed by atoms with Gasteiger partial charge in [-0.05, 0) is 43.0 Å². The molecule has 0 amide bonds. The molecule has 1 saturated carbocycles. The lowest BCUT2D eigenvalue weighted by molar-refractivity contribution is -0.00963. The zero-order chi connectivity index (χ0) is 19.6. The zero-order valence-electron chi connectivity index (χ0n) is 16.0. The van der Waals surface area contributed by atoms with E-state index in [1.165, 1.54) is 0 Å². The summed E-state index contributed by atoms with van der Waals surface area (Å²) in [7, 11) is 0. The maximum atomic E-state index is 9.76. The molecule has 0 spiro atoms. The number of benzene rings is 1. The van der Waals surface area contributed by atoms with Gasteiger partial charge >= 0.3 is 0 Å². The van der Waals surface area contributed by atoms with E-state index < -0.39 is 0 Å². The zero-order valence-corrected chi connectivity index (χ0v) is 16.8. The van der Waals surface area contributed by atoms with Gasteiger partial charge in [-0.3, -0.25) is 9.80 Å². The Labute approximate surface area is 170 Å². The van der Waals surface area contributed by atoms with Crippen LogP contribution in [0.25, 0.3) is 0 Å². The lowest BCUT2D eigenvalue weighted by atomic mass is 9.96. The van der Waals surface area contributed by atoms with Crippen LogP contribution in [0.2, 0.25) is 0 Å². The summed E-state index contributed by atoms with van der Waals surface area (Å²) >= 11 is 0.815. The SMILES string of the molecule is OSC1=CCC(N2CCN(COCC3(c4ccc(O)c(O)c4)CC3)CC2)C=C1. The third-order valence-corrected chi connectivity index (χ3v) is 6.63. The van der Waals surface area contributed by atoms with Crippen molar-refractivity contribution in [3.63, 3.8) is 0 Å². The van der Waals surface area contributed by atoms with E-state index in [2.05, 4.69) is 22.0 Å². The van der Waals surface area contributed by atoms with E-state index in [0.29, 0.717) is 19.4 Å². The summed E-state index contributed by atoms with van der Waals surface area (Å²) in [5.74, 6) is -0.135. The van der Waals surface area contributed by atoms with E-state index in [1.54, 1.807) is 12.1 Å². The first kappa shape index (κ1) is 19.8. The Morgan fingerprint density at radius 3 is 2.50 bits per heavy atom. The van der Waals surface area contributed by atoms with Gasteiger partial charge in [0.1, 0.15) is 0 Å². The van der Waals surface area contributed by atoms with E-state index >= 15 is 0 Å². The van der Waals surface area contributed by atoms with Crippen molar-refractivity contribution < 1.29 is 19.5 Å². The Kier molecular flexibility index (Phi) is 5.99. The van der Waals surface area contributed by atoms with Crippen LogP contribution in [0.1, 0.15) is 24.8 Å². The fourth-order valence-electron chi connectivity index (χ4n) is 4.04. The molecular formula is C21H28N2O4S. The van der Waals surface area contributed by atoms with Gasteiger partial charge in [0.05, 0.1) is 13.3 Å². The Balaban J connectivity index is 1.20. The molecule has 7 heteroatoms. The number of allylic oxidation sites excluding steroid dienone is 1. The van der Waals surface area contributed by atoms with Crippen LogP contribution >= 0.6 is 12.0 Å². The number of rotatable bonds is 7. The summed E-state index contributed by atoms with van der Waals surface area (Å²) in [6, 6.07) is 5.53. The van der Waals surface area contributed by atoms with Gasteiger partial charge in [0, 0.05) is 54.6 Å². The van der Waals surface area contributed by atoms with Gasteiger partial charge in [0.2, 0.25) is 0 Å². The summed E-state index contributed by atoms with van der Waals surface area (Å²) in [6.45, 7) is 5.29. The fourth-order valence-corrected chi connectivity index (χ4v) is 4.35. The summed E-state index contributed by atoms with van der Waals surface area (Å²) < 4.78 is 15.1. The molecule has 0 radical (unpaired) electrons. The maximum Gasteiger partial charge on any atom is 0.157 e. The molecule has 3 N–H and O–H groups in total. The van der Waals surface area contributed by atoms with E-state index in [0.717, 1.165) is 68.0 Å². The number of hydrogen-bond acceptors (Lipinski definition) is 7. The van der Waals surface area contributed by atoms with Crippen molar-refractivity contribution in [3.8, 4) is 11.5 Å². The molecule has 2 aliphatic carbocycles. The molecule has 152 valence electrons. The van der Waals surface area contributed by atoms with Gasteiger partial charge < -0.3 is 19.5 Å². The molecule has 4 rings (SSSR count). The van der Waals surface area contributed by atoms with Crippen LogP contribution in [0.3, 0.4) is 0 Å². The topological polar surface area (TPSA) is 76.4 Å². The molecule has 0 bridgehead atoms. The number of nitrogens with zero attached hydrogens (tertiary/aromatic N) is 2. The Morgan fingerprint density at radius 2 is 1.89 bits per heavy atom. The lowest BCUT2D eigenvalue weighted by Gasteiger charge is -2.38. The highest BCUT2D eigenvalue weighted by molar-refractivity contribution is 7.97. The first-order chi connectivity index (χ1) is 13.6. The Morgan fingerprint density at radius 1 is 1.11 bits per heavy atom. The summed E-state index contributed by atoms with van der Waals surface area (Å²) in [6.07, 6.45) is 9.36. The second-order valence-electron chi connectivity index (χ2n) is 7.98. The predicted molar refractivity (Wildman–Crippen MR) is 110 cm³/mol. The van der Waals surface area contributed by atoms with Crippen molar-refractivity contribution in [1.29, 1.82) is 0 Å². The van der Waals surface area contributed by atoms with Crippen LogP contribution in [0.15, 0.2) is 41.3 Å². The minimum absolute atomic E-state index is 0.00530. The number of phenolic OH excluding ortho intramolecular Hbond substituents is 2. The number of phenols is 2. The molecule has 28 heavy (non-hydrogen) atoms. The Bertz CT molecular complexity index is 755. The average molecular weight is 405 g/mol. The van der Waals surface area contributed by atoms with Crippen LogP contribution < -0.4 is 0 Å². The molecule has 1 heterocycles. The molecule has 1 aromatic carbocycles. The largest absolute Gasteiger partial charge is 0.504 e. The van der Waals surface area contributed by atoms with Gasteiger partial charge in [0.15, 0.2) is 11.5 Å². The maximum absolute atomic E-state index is 9.76. The molecule has 0 aromatic heterocycles. The monoisotopic (exact) mass is 404 g/mol. The minimum atomic E-state index is -0.0759. The van der Waals surface area contributed by atoms with E-state index in [1.807, 2.05) is 12.1 Å². The second-order valence-corrected chi connectivity index (χ2v) is 8.63. The molecule has 1 aromatic rings. The molecule has 2 fully saturated rings. The van der Waals surface area contributed by atoms with Crippen molar-refractivity contribution in [2.24, 2.45) is 0 Å². The van der Waals surface area contributed by atoms with Crippen LogP contribution in [0.5, 0.6) is 11.5 Å². The van der Waals surface area contributed by atoms with Gasteiger partial charge in [-0.1, -0.05) is 18.2 Å². The molecule has 1 atom stereocenters. The molecule has 6 nitrogen and oxygen atoms in total. The first-order valence-corrected chi connectivity index (χ1v) is 10.6. The van der Waals surface area contributed by atoms with Crippen molar-refractivity contribution in [3.05, 3.63) is 46.9 Å². The third-order valence-electron chi connectivity index (χ3n) is 6.12. The van der Waals surface area contributed by atoms with Crippen molar-refractivity contribution in [2.75, 3.05) is 39.5 Å². The highest BCUT2D eigenvalue weighted by Crippen LogP contribution is 2.49. The quantitative estimate of drug-likeness (QED) is 0.476. The first-order valence-electron chi connectivity index (χ1n) is 9.86. The van der Waals surface area contributed by atoms with E-state index in [-0.39, 0.29) is 16.9 Å². The average Bonchev–Trinajstić information content (AvgIpc) is 3.52. The second kappa shape index (κ2) is 8.47. The van der Waals surface area contributed by atoms with Crippen molar-refractivity contribution in [1.82, 2.24) is 9.80 Å². The smallest absolute Gasteiger partial charge is 0.157 e. The van der Waals surface area contributed by atoms with Gasteiger partial charge in [-0.15, -0.1) is 0 Å². The van der Waals surface area contributed by atoms with Crippen LogP contribution in [-0.2, 0) is 10.2 Å². The van der Waals surface area contributed by atoms with E-state index in [4.69, 9.17) is 9.29 Å². The summed E-state index contributed by atoms with van der Waals surface area (Å²) in [5, 5.41) is 19.3. The van der Waals surface area contributed by atoms with Crippen LogP contribution in [0, 0.1) is 0 Å². The molecule has 1 aliphatic heterocycles. The summed E-state index contributed by atoms with van der Waals surface area (Å²) in [5.41, 5.74) is 1.04. The number of hydrogen-bond donors (Lipinski definition) is 3. The fraction of sp³-hybridized carbons (Fsp3) is 0.524. The van der Waals surface area contributed by atoms with E-state index in [9.17, 15) is 10.2 Å². The Hall–Kier alpha value is -1.51. The normalized spacial score (nSPS) is 24.9.